The largest absolute Gasteiger partial charge is 0.444 e. The van der Waals surface area contributed by atoms with Crippen LogP contribution in [0.5, 0.6) is 0 Å². The molecule has 1 aliphatic rings. The van der Waals surface area contributed by atoms with Crippen molar-refractivity contribution in [3.8, 4) is 0 Å². The van der Waals surface area contributed by atoms with Gasteiger partial charge in [0.15, 0.2) is 10.4 Å². The van der Waals surface area contributed by atoms with Crippen LogP contribution in [0.3, 0.4) is 0 Å². The molecular weight excluding hydrogens is 374 g/mol. The summed E-state index contributed by atoms with van der Waals surface area (Å²) in [6, 6.07) is 10.5. The topological polar surface area (TPSA) is 83.7 Å². The number of hydrazone groups is 1. The van der Waals surface area contributed by atoms with E-state index in [1.807, 2.05) is 24.3 Å². The van der Waals surface area contributed by atoms with Gasteiger partial charge in [0.1, 0.15) is 0 Å². The Balaban J connectivity index is 1.66. The SMILES string of the molecule is C/C(=N\NC(=O)c1ccc(Br)o1)c1cccc(NC(=O)C2CC2)c1. The van der Waals surface area contributed by atoms with Crippen LogP contribution in [0.25, 0.3) is 0 Å². The van der Waals surface area contributed by atoms with Crippen LogP contribution >= 0.6 is 15.9 Å². The summed E-state index contributed by atoms with van der Waals surface area (Å²) in [6.45, 7) is 1.78. The van der Waals surface area contributed by atoms with Gasteiger partial charge in [-0.3, -0.25) is 9.59 Å². The summed E-state index contributed by atoms with van der Waals surface area (Å²) < 4.78 is 5.64. The molecule has 7 heteroatoms. The molecule has 124 valence electrons. The second-order valence-electron chi connectivity index (χ2n) is 5.59. The standard InChI is InChI=1S/C17H16BrN3O3/c1-10(20-21-17(23)14-7-8-15(18)24-14)12-3-2-4-13(9-12)19-16(22)11-5-6-11/h2-4,7-9,11H,5-6H2,1H3,(H,19,22)(H,21,23)/b20-10+. The molecule has 0 aliphatic heterocycles. The van der Waals surface area contributed by atoms with Crippen molar-refractivity contribution in [2.24, 2.45) is 11.0 Å². The van der Waals surface area contributed by atoms with Gasteiger partial charge in [-0.25, -0.2) is 5.43 Å². The molecule has 0 spiro atoms. The summed E-state index contributed by atoms with van der Waals surface area (Å²) in [5, 5.41) is 6.97. The van der Waals surface area contributed by atoms with Gasteiger partial charge >= 0.3 is 5.91 Å². The van der Waals surface area contributed by atoms with Crippen molar-refractivity contribution in [3.63, 3.8) is 0 Å². The summed E-state index contributed by atoms with van der Waals surface area (Å²) in [5.41, 5.74) is 4.60. The molecular formula is C17H16BrN3O3. The molecule has 0 atom stereocenters. The lowest BCUT2D eigenvalue weighted by atomic mass is 10.1. The second kappa shape index (κ2) is 7.00. The lowest BCUT2D eigenvalue weighted by Gasteiger charge is -2.07. The Morgan fingerprint density at radius 3 is 2.71 bits per heavy atom. The van der Waals surface area contributed by atoms with Crippen LogP contribution in [-0.4, -0.2) is 17.5 Å². The van der Waals surface area contributed by atoms with Gasteiger partial charge in [0.25, 0.3) is 0 Å². The fourth-order valence-corrected chi connectivity index (χ4v) is 2.41. The highest BCUT2D eigenvalue weighted by molar-refractivity contribution is 9.10. The van der Waals surface area contributed by atoms with E-state index in [0.717, 1.165) is 24.1 Å². The molecule has 1 fully saturated rings. The van der Waals surface area contributed by atoms with Crippen LogP contribution in [0.1, 0.15) is 35.9 Å². The summed E-state index contributed by atoms with van der Waals surface area (Å²) in [5.74, 6) is -0.0594. The fourth-order valence-electron chi connectivity index (χ4n) is 2.10. The number of carbonyl (C=O) groups is 2. The molecule has 2 amide bonds. The number of hydrogen-bond acceptors (Lipinski definition) is 4. The van der Waals surface area contributed by atoms with Gasteiger partial charge in [-0.15, -0.1) is 0 Å². The molecule has 3 rings (SSSR count). The van der Waals surface area contributed by atoms with Gasteiger partial charge in [0, 0.05) is 11.6 Å². The zero-order valence-corrected chi connectivity index (χ0v) is 14.6. The normalized spacial score (nSPS) is 14.3. The van der Waals surface area contributed by atoms with Gasteiger partial charge in [-0.1, -0.05) is 12.1 Å². The molecule has 1 aliphatic carbocycles. The Bertz CT molecular complexity index is 809. The van der Waals surface area contributed by atoms with E-state index in [9.17, 15) is 9.59 Å². The number of nitrogens with zero attached hydrogens (tertiary/aromatic N) is 1. The van der Waals surface area contributed by atoms with Crippen LogP contribution in [0.2, 0.25) is 0 Å². The number of rotatable bonds is 5. The predicted octanol–water partition coefficient (Wildman–Crippen LogP) is 3.54. The van der Waals surface area contributed by atoms with Gasteiger partial charge in [0.05, 0.1) is 5.71 Å². The maximum absolute atomic E-state index is 11.9. The molecule has 1 aromatic heterocycles. The molecule has 2 aromatic rings. The van der Waals surface area contributed by atoms with Crippen LogP contribution in [-0.2, 0) is 4.79 Å². The molecule has 2 N–H and O–H groups in total. The molecule has 0 bridgehead atoms. The van der Waals surface area contributed by atoms with Crippen molar-refractivity contribution in [3.05, 3.63) is 52.4 Å². The van der Waals surface area contributed by atoms with Gasteiger partial charge in [-0.2, -0.15) is 5.10 Å². The lowest BCUT2D eigenvalue weighted by molar-refractivity contribution is -0.117. The minimum Gasteiger partial charge on any atom is -0.444 e. The number of carbonyl (C=O) groups excluding carboxylic acids is 2. The van der Waals surface area contributed by atoms with E-state index < -0.39 is 5.91 Å². The average molecular weight is 390 g/mol. The first-order valence-electron chi connectivity index (χ1n) is 7.54. The Morgan fingerprint density at radius 1 is 1.25 bits per heavy atom. The minimum atomic E-state index is -0.432. The van der Waals surface area contributed by atoms with Crippen LogP contribution in [0.4, 0.5) is 5.69 Å². The number of hydrogen-bond donors (Lipinski definition) is 2. The van der Waals surface area contributed by atoms with Gasteiger partial charge in [0.2, 0.25) is 5.91 Å². The molecule has 0 saturated heterocycles. The summed E-state index contributed by atoms with van der Waals surface area (Å²) in [4.78, 5) is 23.7. The number of halogens is 1. The van der Waals surface area contributed by atoms with Crippen LogP contribution < -0.4 is 10.7 Å². The maximum Gasteiger partial charge on any atom is 0.307 e. The number of benzene rings is 1. The average Bonchev–Trinajstić information content (AvgIpc) is 3.34. The van der Waals surface area contributed by atoms with E-state index in [1.165, 1.54) is 0 Å². The monoisotopic (exact) mass is 389 g/mol. The molecule has 1 saturated carbocycles. The van der Waals surface area contributed by atoms with Crippen molar-refractivity contribution in [2.45, 2.75) is 19.8 Å². The van der Waals surface area contributed by atoms with Crippen LogP contribution in [0.15, 0.2) is 50.6 Å². The Labute approximate surface area is 147 Å². The number of amides is 2. The minimum absolute atomic E-state index is 0.0541. The van der Waals surface area contributed by atoms with E-state index >= 15 is 0 Å². The summed E-state index contributed by atoms with van der Waals surface area (Å²) in [7, 11) is 0. The third kappa shape index (κ3) is 4.11. The maximum atomic E-state index is 11.9. The predicted molar refractivity (Wildman–Crippen MR) is 93.9 cm³/mol. The van der Waals surface area contributed by atoms with E-state index in [2.05, 4.69) is 31.8 Å². The molecule has 0 radical (unpaired) electrons. The molecule has 1 heterocycles. The molecule has 1 aromatic carbocycles. The highest BCUT2D eigenvalue weighted by Gasteiger charge is 2.29. The van der Waals surface area contributed by atoms with Crippen LogP contribution in [0, 0.1) is 5.92 Å². The number of furan rings is 1. The lowest BCUT2D eigenvalue weighted by Crippen LogP contribution is -2.19. The fraction of sp³-hybridized carbons (Fsp3) is 0.235. The zero-order chi connectivity index (χ0) is 17.1. The van der Waals surface area contributed by atoms with E-state index in [4.69, 9.17) is 4.42 Å². The quantitative estimate of drug-likeness (QED) is 0.605. The second-order valence-corrected chi connectivity index (χ2v) is 6.37. The van der Waals surface area contributed by atoms with E-state index in [1.54, 1.807) is 19.1 Å². The molecule has 6 nitrogen and oxygen atoms in total. The number of anilines is 1. The Kier molecular flexibility index (Phi) is 4.80. The summed E-state index contributed by atoms with van der Waals surface area (Å²) >= 11 is 3.14. The van der Waals surface area contributed by atoms with Crippen molar-refractivity contribution >= 4 is 39.1 Å². The van der Waals surface area contributed by atoms with E-state index in [0.29, 0.717) is 10.4 Å². The third-order valence-electron chi connectivity index (χ3n) is 3.62. The van der Waals surface area contributed by atoms with Gasteiger partial charge in [-0.05, 0) is 65.5 Å². The highest BCUT2D eigenvalue weighted by Crippen LogP contribution is 2.30. The van der Waals surface area contributed by atoms with Crippen molar-refractivity contribution in [1.29, 1.82) is 0 Å². The first-order chi connectivity index (χ1) is 11.5. The van der Waals surface area contributed by atoms with Crippen molar-refractivity contribution in [1.82, 2.24) is 5.43 Å². The van der Waals surface area contributed by atoms with Gasteiger partial charge < -0.3 is 9.73 Å². The van der Waals surface area contributed by atoms with E-state index in [-0.39, 0.29) is 17.6 Å². The molecule has 0 unspecified atom stereocenters. The Morgan fingerprint density at radius 2 is 2.04 bits per heavy atom. The molecule has 24 heavy (non-hydrogen) atoms. The first-order valence-corrected chi connectivity index (χ1v) is 8.33. The smallest absolute Gasteiger partial charge is 0.307 e. The first kappa shape index (κ1) is 16.4. The third-order valence-corrected chi connectivity index (χ3v) is 4.04. The Hall–Kier alpha value is -2.41. The van der Waals surface area contributed by atoms with Crippen molar-refractivity contribution < 1.29 is 14.0 Å². The number of nitrogens with one attached hydrogen (secondary N) is 2. The zero-order valence-electron chi connectivity index (χ0n) is 13.0. The summed E-state index contributed by atoms with van der Waals surface area (Å²) in [6.07, 6.45) is 1.92. The highest BCUT2D eigenvalue weighted by atomic mass is 79.9. The van der Waals surface area contributed by atoms with Crippen molar-refractivity contribution in [2.75, 3.05) is 5.32 Å².